The lowest BCUT2D eigenvalue weighted by Gasteiger charge is -2.47. The van der Waals surface area contributed by atoms with E-state index in [0.29, 0.717) is 19.4 Å². The zero-order chi connectivity index (χ0) is 11.5. The summed E-state index contributed by atoms with van der Waals surface area (Å²) in [7, 11) is 0. The van der Waals surface area contributed by atoms with Crippen molar-refractivity contribution in [3.63, 3.8) is 0 Å². The molecule has 1 fully saturated rings. The van der Waals surface area contributed by atoms with Gasteiger partial charge in [-0.3, -0.25) is 0 Å². The molecule has 0 bridgehead atoms. The lowest BCUT2D eigenvalue weighted by Crippen LogP contribution is -2.62. The first-order valence-corrected chi connectivity index (χ1v) is 4.95. The first-order valence-electron chi connectivity index (χ1n) is 4.95. The van der Waals surface area contributed by atoms with Gasteiger partial charge in [-0.15, -0.1) is 0 Å². The van der Waals surface area contributed by atoms with Crippen molar-refractivity contribution in [2.75, 3.05) is 19.8 Å². The van der Waals surface area contributed by atoms with Crippen LogP contribution in [0.1, 0.15) is 19.8 Å². The van der Waals surface area contributed by atoms with E-state index in [1.165, 1.54) is 0 Å². The molecule has 0 atom stereocenters. The molecule has 90 valence electrons. The predicted molar refractivity (Wildman–Crippen MR) is 48.5 cm³/mol. The standard InChI is InChI=1S/C9H16F3NO2/c1-2-15-7-3-8(4-7,6-14)13-5-9(10,11)12/h7,13-14H,2-6H2,1H3. The third-order valence-corrected chi connectivity index (χ3v) is 2.61. The summed E-state index contributed by atoms with van der Waals surface area (Å²) in [5.41, 5.74) is -0.796. The average Bonchev–Trinajstić information content (AvgIpc) is 2.07. The molecule has 6 heteroatoms. The van der Waals surface area contributed by atoms with E-state index in [1.54, 1.807) is 0 Å². The average molecular weight is 227 g/mol. The third kappa shape index (κ3) is 3.62. The number of halogens is 3. The van der Waals surface area contributed by atoms with Gasteiger partial charge in [-0.2, -0.15) is 13.2 Å². The van der Waals surface area contributed by atoms with Gasteiger partial charge in [0.25, 0.3) is 0 Å². The number of ether oxygens (including phenoxy) is 1. The second kappa shape index (κ2) is 4.67. The minimum absolute atomic E-state index is 0.0251. The summed E-state index contributed by atoms with van der Waals surface area (Å²) in [5.74, 6) is 0. The molecule has 2 N–H and O–H groups in total. The Bertz CT molecular complexity index is 202. The van der Waals surface area contributed by atoms with Crippen LogP contribution < -0.4 is 5.32 Å². The van der Waals surface area contributed by atoms with Gasteiger partial charge in [0.05, 0.1) is 19.3 Å². The summed E-state index contributed by atoms with van der Waals surface area (Å²) in [6.45, 7) is 1.03. The van der Waals surface area contributed by atoms with Gasteiger partial charge >= 0.3 is 6.18 Å². The van der Waals surface area contributed by atoms with E-state index < -0.39 is 18.3 Å². The Morgan fingerprint density at radius 1 is 1.47 bits per heavy atom. The van der Waals surface area contributed by atoms with Gasteiger partial charge in [0.15, 0.2) is 0 Å². The molecular weight excluding hydrogens is 211 g/mol. The number of nitrogens with one attached hydrogen (secondary N) is 1. The number of hydrogen-bond donors (Lipinski definition) is 2. The summed E-state index contributed by atoms with van der Waals surface area (Å²) in [6.07, 6.45) is -3.39. The van der Waals surface area contributed by atoms with Crippen LogP contribution in [0.15, 0.2) is 0 Å². The van der Waals surface area contributed by atoms with E-state index in [0.717, 1.165) is 0 Å². The second-order valence-corrected chi connectivity index (χ2v) is 3.89. The highest BCUT2D eigenvalue weighted by molar-refractivity contribution is 5.02. The molecule has 0 radical (unpaired) electrons. The fourth-order valence-electron chi connectivity index (χ4n) is 1.78. The molecule has 0 amide bonds. The number of rotatable bonds is 5. The van der Waals surface area contributed by atoms with Crippen molar-refractivity contribution in [2.24, 2.45) is 0 Å². The van der Waals surface area contributed by atoms with Crippen LogP contribution in [0.3, 0.4) is 0 Å². The lowest BCUT2D eigenvalue weighted by molar-refractivity contribution is -0.141. The Labute approximate surface area is 86.6 Å². The summed E-state index contributed by atoms with van der Waals surface area (Å²) >= 11 is 0. The number of hydrogen-bond acceptors (Lipinski definition) is 3. The van der Waals surface area contributed by atoms with Crippen molar-refractivity contribution in [3.05, 3.63) is 0 Å². The van der Waals surface area contributed by atoms with E-state index >= 15 is 0 Å². The van der Waals surface area contributed by atoms with Crippen molar-refractivity contribution >= 4 is 0 Å². The van der Waals surface area contributed by atoms with Gasteiger partial charge in [-0.05, 0) is 19.8 Å². The van der Waals surface area contributed by atoms with Gasteiger partial charge in [-0.25, -0.2) is 0 Å². The minimum Gasteiger partial charge on any atom is -0.394 e. The first-order chi connectivity index (χ1) is 6.91. The first kappa shape index (κ1) is 12.7. The summed E-state index contributed by atoms with van der Waals surface area (Å²) in [5, 5.41) is 11.4. The molecule has 1 aliphatic rings. The van der Waals surface area contributed by atoms with Gasteiger partial charge in [-0.1, -0.05) is 0 Å². The fraction of sp³-hybridized carbons (Fsp3) is 1.00. The zero-order valence-electron chi connectivity index (χ0n) is 8.60. The lowest BCUT2D eigenvalue weighted by atomic mass is 9.74. The van der Waals surface area contributed by atoms with E-state index in [4.69, 9.17) is 9.84 Å². The Morgan fingerprint density at radius 2 is 2.07 bits per heavy atom. The molecule has 0 aromatic heterocycles. The predicted octanol–water partition coefficient (Wildman–Crippen LogP) is 1.07. The SMILES string of the molecule is CCOC1CC(CO)(NCC(F)(F)F)C1. The van der Waals surface area contributed by atoms with Gasteiger partial charge < -0.3 is 15.2 Å². The maximum atomic E-state index is 12.0. The highest BCUT2D eigenvalue weighted by Gasteiger charge is 2.46. The summed E-state index contributed by atoms with van der Waals surface area (Å²) in [4.78, 5) is 0. The molecule has 0 heterocycles. The van der Waals surface area contributed by atoms with Crippen LogP contribution >= 0.6 is 0 Å². The number of aliphatic hydroxyl groups excluding tert-OH is 1. The normalized spacial score (nSPS) is 31.4. The Kier molecular flexibility index (Phi) is 3.97. The van der Waals surface area contributed by atoms with E-state index in [1.807, 2.05) is 6.92 Å². The van der Waals surface area contributed by atoms with Crippen LogP contribution in [0.25, 0.3) is 0 Å². The number of alkyl halides is 3. The molecule has 0 aliphatic heterocycles. The molecular formula is C9H16F3NO2. The van der Waals surface area contributed by atoms with Crippen molar-refractivity contribution in [2.45, 2.75) is 37.6 Å². The molecule has 0 spiro atoms. The van der Waals surface area contributed by atoms with Crippen molar-refractivity contribution < 1.29 is 23.0 Å². The quantitative estimate of drug-likeness (QED) is 0.738. The molecule has 1 rings (SSSR count). The van der Waals surface area contributed by atoms with E-state index in [-0.39, 0.29) is 12.7 Å². The molecule has 0 aromatic rings. The topological polar surface area (TPSA) is 41.5 Å². The van der Waals surface area contributed by atoms with Crippen molar-refractivity contribution in [3.8, 4) is 0 Å². The Balaban J connectivity index is 2.32. The van der Waals surface area contributed by atoms with Gasteiger partial charge in [0, 0.05) is 12.1 Å². The summed E-state index contributed by atoms with van der Waals surface area (Å²) < 4.78 is 41.1. The van der Waals surface area contributed by atoms with Crippen LogP contribution in [0, 0.1) is 0 Å². The third-order valence-electron chi connectivity index (χ3n) is 2.61. The van der Waals surface area contributed by atoms with E-state index in [9.17, 15) is 13.2 Å². The molecule has 0 aromatic carbocycles. The molecule has 1 saturated carbocycles. The zero-order valence-corrected chi connectivity index (χ0v) is 8.60. The van der Waals surface area contributed by atoms with Gasteiger partial charge in [0.2, 0.25) is 0 Å². The maximum absolute atomic E-state index is 12.0. The summed E-state index contributed by atoms with van der Waals surface area (Å²) in [6, 6.07) is 0. The highest BCUT2D eigenvalue weighted by atomic mass is 19.4. The second-order valence-electron chi connectivity index (χ2n) is 3.89. The van der Waals surface area contributed by atoms with E-state index in [2.05, 4.69) is 5.32 Å². The molecule has 0 unspecified atom stereocenters. The van der Waals surface area contributed by atoms with Gasteiger partial charge in [0.1, 0.15) is 0 Å². The Morgan fingerprint density at radius 3 is 2.47 bits per heavy atom. The Hall–Kier alpha value is -0.330. The minimum atomic E-state index is -4.24. The molecule has 15 heavy (non-hydrogen) atoms. The van der Waals surface area contributed by atoms with Crippen LogP contribution in [0.4, 0.5) is 13.2 Å². The van der Waals surface area contributed by atoms with Crippen LogP contribution in [0.5, 0.6) is 0 Å². The smallest absolute Gasteiger partial charge is 0.394 e. The number of aliphatic hydroxyl groups is 1. The molecule has 1 aliphatic carbocycles. The van der Waals surface area contributed by atoms with Crippen molar-refractivity contribution in [1.82, 2.24) is 5.32 Å². The molecule has 0 saturated heterocycles. The van der Waals surface area contributed by atoms with Crippen LogP contribution in [-0.4, -0.2) is 42.7 Å². The monoisotopic (exact) mass is 227 g/mol. The largest absolute Gasteiger partial charge is 0.401 e. The fourth-order valence-corrected chi connectivity index (χ4v) is 1.78. The highest BCUT2D eigenvalue weighted by Crippen LogP contribution is 2.34. The molecule has 3 nitrogen and oxygen atoms in total. The maximum Gasteiger partial charge on any atom is 0.401 e. The van der Waals surface area contributed by atoms with Crippen LogP contribution in [-0.2, 0) is 4.74 Å². The van der Waals surface area contributed by atoms with Crippen LogP contribution in [0.2, 0.25) is 0 Å². The van der Waals surface area contributed by atoms with Crippen molar-refractivity contribution in [1.29, 1.82) is 0 Å².